The molecule has 0 radical (unpaired) electrons. The fourth-order valence-corrected chi connectivity index (χ4v) is 5.24. The van der Waals surface area contributed by atoms with Crippen LogP contribution in [0.25, 0.3) is 0 Å². The Morgan fingerprint density at radius 2 is 2.15 bits per heavy atom. The lowest BCUT2D eigenvalue weighted by Crippen LogP contribution is -2.41. The maximum Gasteiger partial charge on any atom is 0.266 e. The molecule has 0 aromatic heterocycles. The van der Waals surface area contributed by atoms with E-state index in [1.165, 1.54) is 25.0 Å². The van der Waals surface area contributed by atoms with Crippen LogP contribution in [-0.4, -0.2) is 44.8 Å². The van der Waals surface area contributed by atoms with Gasteiger partial charge in [-0.2, -0.15) is 11.8 Å². The first kappa shape index (κ1) is 19.6. The molecule has 1 aromatic rings. The Balaban J connectivity index is 1.61. The smallest absolute Gasteiger partial charge is 0.266 e. The van der Waals surface area contributed by atoms with Crippen LogP contribution in [0.1, 0.15) is 50.6 Å². The summed E-state index contributed by atoms with van der Waals surface area (Å²) in [5.74, 6) is 0.576. The summed E-state index contributed by atoms with van der Waals surface area (Å²) in [6, 6.07) is 9.57. The molecule has 0 bridgehead atoms. The molecule has 142 valence electrons. The standard InChI is InChI=1S/C20H27NO3S2/c1-14(18(22)11-10-16-9-5-6-12-26-16)19(23)21-17(13-24-20(21)25)15-7-3-2-4-8-15/h2-4,7-8,14,16-18,22H,5-6,9-13H2,1H3/t14-,16?,17+,18+/m0/s1. The lowest BCUT2D eigenvalue weighted by molar-refractivity contribution is -0.135. The van der Waals surface area contributed by atoms with Gasteiger partial charge in [0.15, 0.2) is 0 Å². The van der Waals surface area contributed by atoms with Gasteiger partial charge >= 0.3 is 0 Å². The third kappa shape index (κ3) is 4.59. The van der Waals surface area contributed by atoms with E-state index in [1.54, 1.807) is 11.8 Å². The van der Waals surface area contributed by atoms with Crippen LogP contribution in [0.15, 0.2) is 30.3 Å². The number of aliphatic hydroxyl groups is 1. The molecule has 1 aromatic carbocycles. The molecule has 0 spiro atoms. The summed E-state index contributed by atoms with van der Waals surface area (Å²) >= 11 is 7.27. The Hall–Kier alpha value is -1.11. The van der Waals surface area contributed by atoms with Gasteiger partial charge < -0.3 is 9.84 Å². The number of ether oxygens (including phenoxy) is 1. The van der Waals surface area contributed by atoms with Crippen LogP contribution in [0.3, 0.4) is 0 Å². The van der Waals surface area contributed by atoms with Crippen molar-refractivity contribution in [3.05, 3.63) is 35.9 Å². The molecule has 2 aliphatic rings. The number of hydrogen-bond acceptors (Lipinski definition) is 5. The number of aliphatic hydroxyl groups excluding tert-OH is 1. The Morgan fingerprint density at radius 3 is 2.85 bits per heavy atom. The lowest BCUT2D eigenvalue weighted by atomic mass is 9.96. The van der Waals surface area contributed by atoms with Gasteiger partial charge in [0.05, 0.1) is 18.1 Å². The first-order valence-corrected chi connectivity index (χ1v) is 10.9. The molecular formula is C20H27NO3S2. The van der Waals surface area contributed by atoms with Crippen molar-refractivity contribution in [2.45, 2.75) is 56.4 Å². The molecule has 3 rings (SSSR count). The van der Waals surface area contributed by atoms with Gasteiger partial charge in [-0.1, -0.05) is 43.7 Å². The monoisotopic (exact) mass is 393 g/mol. The van der Waals surface area contributed by atoms with Gasteiger partial charge in [-0.15, -0.1) is 0 Å². The number of rotatable bonds is 6. The van der Waals surface area contributed by atoms with Gasteiger partial charge in [0.25, 0.3) is 5.17 Å². The van der Waals surface area contributed by atoms with E-state index in [0.717, 1.165) is 12.0 Å². The van der Waals surface area contributed by atoms with E-state index < -0.39 is 12.0 Å². The summed E-state index contributed by atoms with van der Waals surface area (Å²) in [5.41, 5.74) is 1.00. The second-order valence-electron chi connectivity index (χ2n) is 7.13. The highest BCUT2D eigenvalue weighted by atomic mass is 32.2. The van der Waals surface area contributed by atoms with E-state index in [9.17, 15) is 9.90 Å². The number of carbonyl (C=O) groups is 1. The molecular weight excluding hydrogens is 366 g/mol. The Kier molecular flexibility index (Phi) is 6.95. The maximum atomic E-state index is 13.0. The first-order chi connectivity index (χ1) is 12.6. The van der Waals surface area contributed by atoms with Crippen molar-refractivity contribution < 1.29 is 14.6 Å². The molecule has 1 N–H and O–H groups in total. The molecule has 2 saturated heterocycles. The number of carbonyl (C=O) groups excluding carboxylic acids is 1. The largest absolute Gasteiger partial charge is 0.468 e. The van der Waals surface area contributed by atoms with E-state index >= 15 is 0 Å². The molecule has 2 fully saturated rings. The summed E-state index contributed by atoms with van der Waals surface area (Å²) in [4.78, 5) is 14.6. The van der Waals surface area contributed by atoms with E-state index in [0.29, 0.717) is 18.3 Å². The summed E-state index contributed by atoms with van der Waals surface area (Å²) in [7, 11) is 0. The van der Waals surface area contributed by atoms with Gasteiger partial charge in [0.2, 0.25) is 5.91 Å². The van der Waals surface area contributed by atoms with Crippen LogP contribution >= 0.6 is 24.0 Å². The number of hydrogen-bond donors (Lipinski definition) is 1. The van der Waals surface area contributed by atoms with Crippen LogP contribution in [0.4, 0.5) is 0 Å². The Morgan fingerprint density at radius 1 is 1.38 bits per heavy atom. The predicted molar refractivity (Wildman–Crippen MR) is 109 cm³/mol. The highest BCUT2D eigenvalue weighted by Crippen LogP contribution is 2.32. The van der Waals surface area contributed by atoms with Crippen LogP contribution in [-0.2, 0) is 9.53 Å². The Bertz CT molecular complexity index is 619. The average Bonchev–Trinajstić information content (AvgIpc) is 3.08. The molecule has 4 atom stereocenters. The van der Waals surface area contributed by atoms with E-state index in [4.69, 9.17) is 17.0 Å². The summed E-state index contributed by atoms with van der Waals surface area (Å²) in [5, 5.41) is 11.4. The third-order valence-corrected chi connectivity index (χ3v) is 7.10. The minimum Gasteiger partial charge on any atom is -0.468 e. The normalized spacial score (nSPS) is 25.6. The van der Waals surface area contributed by atoms with Crippen LogP contribution in [0, 0.1) is 5.92 Å². The van der Waals surface area contributed by atoms with Gasteiger partial charge in [0, 0.05) is 5.25 Å². The predicted octanol–water partition coefficient (Wildman–Crippen LogP) is 3.93. The van der Waals surface area contributed by atoms with Crippen molar-refractivity contribution in [3.8, 4) is 0 Å². The van der Waals surface area contributed by atoms with Crippen LogP contribution in [0.5, 0.6) is 0 Å². The summed E-state index contributed by atoms with van der Waals surface area (Å²) in [6.07, 6.45) is 4.77. The average molecular weight is 394 g/mol. The summed E-state index contributed by atoms with van der Waals surface area (Å²) < 4.78 is 5.49. The SMILES string of the molecule is C[C@H](C(=O)N1C(=S)OC[C@@H]1c1ccccc1)[C@H](O)CCC1CCCCS1. The summed E-state index contributed by atoms with van der Waals surface area (Å²) in [6.45, 7) is 2.17. The molecule has 0 aliphatic carbocycles. The minimum atomic E-state index is -0.648. The maximum absolute atomic E-state index is 13.0. The van der Waals surface area contributed by atoms with Crippen molar-refractivity contribution in [1.29, 1.82) is 0 Å². The number of thioether (sulfide) groups is 1. The second kappa shape index (κ2) is 9.20. The highest BCUT2D eigenvalue weighted by molar-refractivity contribution is 7.99. The highest BCUT2D eigenvalue weighted by Gasteiger charge is 2.39. The van der Waals surface area contributed by atoms with Crippen molar-refractivity contribution >= 4 is 35.1 Å². The van der Waals surface area contributed by atoms with Crippen molar-refractivity contribution in [3.63, 3.8) is 0 Å². The fourth-order valence-electron chi connectivity index (χ4n) is 3.61. The lowest BCUT2D eigenvalue weighted by Gasteiger charge is -2.28. The quantitative estimate of drug-likeness (QED) is 0.742. The third-order valence-electron chi connectivity index (χ3n) is 5.32. The number of benzene rings is 1. The van der Waals surface area contributed by atoms with Crippen LogP contribution < -0.4 is 0 Å². The zero-order valence-electron chi connectivity index (χ0n) is 15.2. The first-order valence-electron chi connectivity index (χ1n) is 9.42. The fraction of sp³-hybridized carbons (Fsp3) is 0.600. The zero-order valence-corrected chi connectivity index (χ0v) is 16.8. The van der Waals surface area contributed by atoms with Gasteiger partial charge in [-0.05, 0) is 49.2 Å². The molecule has 2 aliphatic heterocycles. The molecule has 26 heavy (non-hydrogen) atoms. The number of amides is 1. The number of nitrogens with zero attached hydrogens (tertiary/aromatic N) is 1. The topological polar surface area (TPSA) is 49.8 Å². The van der Waals surface area contributed by atoms with Crippen molar-refractivity contribution in [2.24, 2.45) is 5.92 Å². The van der Waals surface area contributed by atoms with Gasteiger partial charge in [-0.25, -0.2) is 0 Å². The number of thiocarbonyl (C=S) groups is 1. The molecule has 6 heteroatoms. The molecule has 1 amide bonds. The van der Waals surface area contributed by atoms with Gasteiger partial charge in [-0.3, -0.25) is 9.69 Å². The Labute approximate surface area is 165 Å². The van der Waals surface area contributed by atoms with Crippen molar-refractivity contribution in [1.82, 2.24) is 4.90 Å². The van der Waals surface area contributed by atoms with E-state index in [-0.39, 0.29) is 17.1 Å². The zero-order chi connectivity index (χ0) is 18.5. The molecule has 2 heterocycles. The molecule has 4 nitrogen and oxygen atoms in total. The van der Waals surface area contributed by atoms with E-state index in [2.05, 4.69) is 0 Å². The van der Waals surface area contributed by atoms with Crippen molar-refractivity contribution in [2.75, 3.05) is 12.4 Å². The minimum absolute atomic E-state index is 0.148. The second-order valence-corrected chi connectivity index (χ2v) is 8.89. The molecule has 0 saturated carbocycles. The van der Waals surface area contributed by atoms with Crippen LogP contribution in [0.2, 0.25) is 0 Å². The van der Waals surface area contributed by atoms with Gasteiger partial charge in [0.1, 0.15) is 6.61 Å². The van der Waals surface area contributed by atoms with E-state index in [1.807, 2.05) is 42.1 Å². The molecule has 1 unspecified atom stereocenters.